The van der Waals surface area contributed by atoms with Gasteiger partial charge in [0.05, 0.1) is 0 Å². The average Bonchev–Trinajstić information content (AvgIpc) is 2.84. The number of nitrogens with one attached hydrogen (secondary N) is 1. The second-order valence-corrected chi connectivity index (χ2v) is 9.34. The van der Waals surface area contributed by atoms with Gasteiger partial charge in [-0.1, -0.05) is 48.0 Å². The van der Waals surface area contributed by atoms with Crippen molar-refractivity contribution in [2.24, 2.45) is 5.92 Å². The van der Waals surface area contributed by atoms with Gasteiger partial charge in [-0.25, -0.2) is 4.79 Å². The molecule has 0 aromatic heterocycles. The Morgan fingerprint density at radius 1 is 0.844 bits per heavy atom. The molecule has 0 bridgehead atoms. The van der Waals surface area contributed by atoms with E-state index >= 15 is 0 Å². The molecule has 5 heteroatoms. The molecule has 2 aromatic carbocycles. The topological polar surface area (TPSA) is 52.7 Å². The van der Waals surface area contributed by atoms with Gasteiger partial charge in [0.25, 0.3) is 5.91 Å². The fourth-order valence-electron chi connectivity index (χ4n) is 4.81. The highest BCUT2D eigenvalue weighted by Crippen LogP contribution is 2.23. The molecule has 2 aliphatic heterocycles. The zero-order chi connectivity index (χ0) is 22.3. The summed E-state index contributed by atoms with van der Waals surface area (Å²) in [4.78, 5) is 29.2. The van der Waals surface area contributed by atoms with Gasteiger partial charge in [-0.3, -0.25) is 4.79 Å². The zero-order valence-corrected chi connectivity index (χ0v) is 19.1. The number of amides is 3. The van der Waals surface area contributed by atoms with Crippen molar-refractivity contribution in [3.8, 4) is 0 Å². The Bertz CT molecular complexity index is 881. The molecule has 0 aliphatic carbocycles. The highest BCUT2D eigenvalue weighted by atomic mass is 16.2. The van der Waals surface area contributed by atoms with E-state index in [-0.39, 0.29) is 18.0 Å². The van der Waals surface area contributed by atoms with Gasteiger partial charge >= 0.3 is 6.03 Å². The Hall–Kier alpha value is -2.82. The van der Waals surface area contributed by atoms with E-state index in [2.05, 4.69) is 36.5 Å². The summed E-state index contributed by atoms with van der Waals surface area (Å²) in [5.41, 5.74) is 3.45. The maximum Gasteiger partial charge on any atom is 0.317 e. The second-order valence-electron chi connectivity index (χ2n) is 9.34. The molecular weight excluding hydrogens is 398 g/mol. The van der Waals surface area contributed by atoms with Crippen molar-refractivity contribution in [1.29, 1.82) is 0 Å². The summed E-state index contributed by atoms with van der Waals surface area (Å²) in [6.07, 6.45) is 6.13. The molecule has 2 heterocycles. The number of likely N-dealkylation sites (tertiary alicyclic amines) is 2. The van der Waals surface area contributed by atoms with Crippen LogP contribution in [0, 0.1) is 12.8 Å². The number of benzene rings is 2. The predicted molar refractivity (Wildman–Crippen MR) is 128 cm³/mol. The van der Waals surface area contributed by atoms with E-state index in [9.17, 15) is 9.59 Å². The fraction of sp³-hybridized carbons (Fsp3) is 0.481. The molecule has 0 atom stereocenters. The first-order valence-corrected chi connectivity index (χ1v) is 12.0. The third-order valence-corrected chi connectivity index (χ3v) is 6.99. The van der Waals surface area contributed by atoms with Crippen molar-refractivity contribution >= 4 is 11.9 Å². The van der Waals surface area contributed by atoms with Crippen molar-refractivity contribution < 1.29 is 9.59 Å². The molecule has 2 fully saturated rings. The number of carbonyl (C=O) groups is 2. The van der Waals surface area contributed by atoms with Gasteiger partial charge in [0, 0.05) is 37.8 Å². The van der Waals surface area contributed by atoms with Gasteiger partial charge < -0.3 is 15.1 Å². The van der Waals surface area contributed by atoms with Crippen molar-refractivity contribution in [3.05, 3.63) is 71.3 Å². The fourth-order valence-corrected chi connectivity index (χ4v) is 4.81. The molecule has 0 radical (unpaired) electrons. The molecule has 2 aliphatic rings. The van der Waals surface area contributed by atoms with Gasteiger partial charge in [-0.15, -0.1) is 0 Å². The molecule has 5 nitrogen and oxygen atoms in total. The van der Waals surface area contributed by atoms with Crippen molar-refractivity contribution in [3.63, 3.8) is 0 Å². The summed E-state index contributed by atoms with van der Waals surface area (Å²) in [5.74, 6) is 0.788. The first-order valence-electron chi connectivity index (χ1n) is 12.0. The minimum Gasteiger partial charge on any atom is -0.338 e. The molecular formula is C27H35N3O2. The van der Waals surface area contributed by atoms with Crippen LogP contribution in [0.2, 0.25) is 0 Å². The molecule has 0 unspecified atom stereocenters. The lowest BCUT2D eigenvalue weighted by Crippen LogP contribution is -2.51. The Balaban J connectivity index is 1.15. The first kappa shape index (κ1) is 22.4. The van der Waals surface area contributed by atoms with E-state index in [0.29, 0.717) is 19.0 Å². The average molecular weight is 434 g/mol. The Kier molecular flexibility index (Phi) is 7.46. The number of rotatable bonds is 5. The van der Waals surface area contributed by atoms with Crippen LogP contribution < -0.4 is 5.32 Å². The number of hydrogen-bond donors (Lipinski definition) is 1. The van der Waals surface area contributed by atoms with Gasteiger partial charge in [0.2, 0.25) is 0 Å². The second kappa shape index (κ2) is 10.7. The van der Waals surface area contributed by atoms with Crippen LogP contribution in [-0.4, -0.2) is 54.0 Å². The van der Waals surface area contributed by atoms with Crippen LogP contribution in [0.5, 0.6) is 0 Å². The zero-order valence-electron chi connectivity index (χ0n) is 19.1. The summed E-state index contributed by atoms with van der Waals surface area (Å²) >= 11 is 0. The standard InChI is InChI=1S/C27H35N3O2/c1-21-7-9-22(10-8-21)11-12-23-13-17-30(18-14-23)27(32)28-25-15-19-29(20-16-25)26(31)24-5-3-2-4-6-24/h2-10,23,25H,11-20H2,1H3,(H,28,32). The summed E-state index contributed by atoms with van der Waals surface area (Å²) in [6, 6.07) is 18.5. The summed E-state index contributed by atoms with van der Waals surface area (Å²) in [6.45, 7) is 5.20. The first-order chi connectivity index (χ1) is 15.6. The minimum absolute atomic E-state index is 0.0646. The van der Waals surface area contributed by atoms with E-state index in [4.69, 9.17) is 0 Å². The van der Waals surface area contributed by atoms with Gasteiger partial charge in [0.15, 0.2) is 0 Å². The molecule has 0 spiro atoms. The number of carbonyl (C=O) groups excluding carboxylic acids is 2. The smallest absolute Gasteiger partial charge is 0.317 e. The van der Waals surface area contributed by atoms with Gasteiger partial charge in [0.1, 0.15) is 0 Å². The Morgan fingerprint density at radius 3 is 2.12 bits per heavy atom. The largest absolute Gasteiger partial charge is 0.338 e. The van der Waals surface area contributed by atoms with E-state index in [1.165, 1.54) is 17.5 Å². The number of hydrogen-bond acceptors (Lipinski definition) is 2. The summed E-state index contributed by atoms with van der Waals surface area (Å²) in [5, 5.41) is 3.21. The number of urea groups is 1. The van der Waals surface area contributed by atoms with Crippen molar-refractivity contribution in [1.82, 2.24) is 15.1 Å². The van der Waals surface area contributed by atoms with E-state index in [1.807, 2.05) is 40.1 Å². The lowest BCUT2D eigenvalue weighted by Gasteiger charge is -2.36. The number of nitrogens with zero attached hydrogens (tertiary/aromatic N) is 2. The molecule has 2 saturated heterocycles. The van der Waals surface area contributed by atoms with E-state index in [0.717, 1.165) is 50.8 Å². The Morgan fingerprint density at radius 2 is 1.47 bits per heavy atom. The molecule has 3 amide bonds. The number of piperidine rings is 2. The van der Waals surface area contributed by atoms with Gasteiger partial charge in [-0.05, 0) is 69.1 Å². The molecule has 1 N–H and O–H groups in total. The molecule has 32 heavy (non-hydrogen) atoms. The van der Waals surface area contributed by atoms with E-state index < -0.39 is 0 Å². The maximum atomic E-state index is 12.8. The van der Waals surface area contributed by atoms with Gasteiger partial charge in [-0.2, -0.15) is 0 Å². The lowest BCUT2D eigenvalue weighted by molar-refractivity contribution is 0.0705. The summed E-state index contributed by atoms with van der Waals surface area (Å²) in [7, 11) is 0. The maximum absolute atomic E-state index is 12.8. The van der Waals surface area contributed by atoms with Crippen LogP contribution in [-0.2, 0) is 6.42 Å². The third-order valence-electron chi connectivity index (χ3n) is 6.99. The molecule has 2 aromatic rings. The predicted octanol–water partition coefficient (Wildman–Crippen LogP) is 4.65. The highest BCUT2D eigenvalue weighted by Gasteiger charge is 2.27. The summed E-state index contributed by atoms with van der Waals surface area (Å²) < 4.78 is 0. The Labute approximate surface area is 191 Å². The highest BCUT2D eigenvalue weighted by molar-refractivity contribution is 5.94. The van der Waals surface area contributed by atoms with Crippen molar-refractivity contribution in [2.45, 2.75) is 51.5 Å². The quantitative estimate of drug-likeness (QED) is 0.746. The van der Waals surface area contributed by atoms with Crippen LogP contribution in [0.4, 0.5) is 4.79 Å². The van der Waals surface area contributed by atoms with Crippen LogP contribution in [0.1, 0.15) is 53.6 Å². The third kappa shape index (κ3) is 5.90. The van der Waals surface area contributed by atoms with E-state index in [1.54, 1.807) is 0 Å². The van der Waals surface area contributed by atoms with Crippen LogP contribution >= 0.6 is 0 Å². The van der Waals surface area contributed by atoms with Crippen LogP contribution in [0.25, 0.3) is 0 Å². The normalized spacial score (nSPS) is 17.9. The lowest BCUT2D eigenvalue weighted by atomic mass is 9.90. The van der Waals surface area contributed by atoms with Crippen LogP contribution in [0.15, 0.2) is 54.6 Å². The SMILES string of the molecule is Cc1ccc(CCC2CCN(C(=O)NC3CCN(C(=O)c4ccccc4)CC3)CC2)cc1. The van der Waals surface area contributed by atoms with Crippen molar-refractivity contribution in [2.75, 3.05) is 26.2 Å². The molecule has 170 valence electrons. The molecule has 0 saturated carbocycles. The van der Waals surface area contributed by atoms with Crippen LogP contribution in [0.3, 0.4) is 0 Å². The monoisotopic (exact) mass is 433 g/mol. The molecule has 4 rings (SSSR count). The number of aryl methyl sites for hydroxylation is 2. The minimum atomic E-state index is 0.0646.